The number of benzene rings is 2. The smallest absolute Gasteiger partial charge is 0.295 e. The van der Waals surface area contributed by atoms with Crippen molar-refractivity contribution in [3.05, 3.63) is 59.4 Å². The Labute approximate surface area is 135 Å². The summed E-state index contributed by atoms with van der Waals surface area (Å²) in [5, 5.41) is 28.2. The summed E-state index contributed by atoms with van der Waals surface area (Å²) >= 11 is 6.02. The summed E-state index contributed by atoms with van der Waals surface area (Å²) in [7, 11) is 0. The van der Waals surface area contributed by atoms with Gasteiger partial charge in [-0.15, -0.1) is 10.2 Å². The van der Waals surface area contributed by atoms with Gasteiger partial charge in [0.15, 0.2) is 11.4 Å². The van der Waals surface area contributed by atoms with E-state index in [-0.39, 0.29) is 22.2 Å². The fourth-order valence-corrected chi connectivity index (χ4v) is 2.33. The van der Waals surface area contributed by atoms with Crippen molar-refractivity contribution in [1.29, 1.82) is 0 Å². The predicted molar refractivity (Wildman–Crippen MR) is 85.4 cm³/mol. The van der Waals surface area contributed by atoms with E-state index >= 15 is 0 Å². The van der Waals surface area contributed by atoms with Crippen LogP contribution in [0.15, 0.2) is 59.0 Å². The van der Waals surface area contributed by atoms with E-state index in [4.69, 9.17) is 11.6 Å². The molecule has 0 aliphatic heterocycles. The van der Waals surface area contributed by atoms with E-state index in [0.29, 0.717) is 16.3 Å². The molecule has 0 aliphatic rings. The summed E-state index contributed by atoms with van der Waals surface area (Å²) in [6.45, 7) is 0. The molecule has 1 amide bonds. The topological polar surface area (TPSA) is 95.1 Å². The number of fused-ring (bicyclic) bond motifs is 1. The maximum absolute atomic E-state index is 11.9. The molecule has 0 saturated carbocycles. The zero-order valence-electron chi connectivity index (χ0n) is 11.6. The maximum Gasteiger partial charge on any atom is 0.295 e. The van der Waals surface area contributed by atoms with Crippen LogP contribution in [0.4, 0.5) is 5.69 Å². The van der Waals surface area contributed by atoms with Gasteiger partial charge in [-0.05, 0) is 12.1 Å². The van der Waals surface area contributed by atoms with E-state index in [2.05, 4.69) is 15.2 Å². The molecule has 1 heterocycles. The molecule has 0 spiro atoms. The average Bonchev–Trinajstić information content (AvgIpc) is 2.60. The second-order valence-corrected chi connectivity index (χ2v) is 5.02. The largest absolute Gasteiger partial charge is 0.506 e. The lowest BCUT2D eigenvalue weighted by Gasteiger charge is -2.08. The van der Waals surface area contributed by atoms with Crippen LogP contribution >= 0.6 is 11.6 Å². The number of aromatic nitrogens is 1. The number of phenols is 2. The molecule has 7 heteroatoms. The normalized spacial score (nSPS) is 11.2. The van der Waals surface area contributed by atoms with E-state index in [1.165, 1.54) is 24.5 Å². The number of rotatable bonds is 2. The highest BCUT2D eigenvalue weighted by molar-refractivity contribution is 6.36. The fraction of sp³-hybridized carbons (Fsp3) is 0. The van der Waals surface area contributed by atoms with E-state index < -0.39 is 5.91 Å². The summed E-state index contributed by atoms with van der Waals surface area (Å²) in [6, 6.07) is 9.58. The molecule has 2 aromatic carbocycles. The lowest BCUT2D eigenvalue weighted by molar-refractivity contribution is 0.0995. The van der Waals surface area contributed by atoms with Crippen LogP contribution in [0.25, 0.3) is 10.8 Å². The van der Waals surface area contributed by atoms with Gasteiger partial charge < -0.3 is 10.2 Å². The first-order valence-electron chi connectivity index (χ1n) is 6.58. The Morgan fingerprint density at radius 3 is 2.26 bits per heavy atom. The molecule has 2 N–H and O–H groups in total. The van der Waals surface area contributed by atoms with Gasteiger partial charge in [-0.25, -0.2) is 0 Å². The number of amides is 1. The van der Waals surface area contributed by atoms with Crippen molar-refractivity contribution in [2.75, 3.05) is 0 Å². The van der Waals surface area contributed by atoms with Crippen LogP contribution in [0.2, 0.25) is 5.02 Å². The molecule has 6 nitrogen and oxygen atoms in total. The Hall–Kier alpha value is -2.99. The minimum absolute atomic E-state index is 0.162. The van der Waals surface area contributed by atoms with Crippen molar-refractivity contribution in [1.82, 2.24) is 4.98 Å². The third kappa shape index (κ3) is 2.72. The Kier molecular flexibility index (Phi) is 3.91. The molecule has 0 fully saturated rings. The number of aromatic hydroxyl groups is 2. The summed E-state index contributed by atoms with van der Waals surface area (Å²) in [5.74, 6) is -1.10. The predicted octanol–water partition coefficient (Wildman–Crippen LogP) is 4.22. The highest BCUT2D eigenvalue weighted by atomic mass is 35.5. The Morgan fingerprint density at radius 2 is 1.61 bits per heavy atom. The fourth-order valence-electron chi connectivity index (χ4n) is 2.10. The van der Waals surface area contributed by atoms with Gasteiger partial charge in [-0.2, -0.15) is 0 Å². The van der Waals surface area contributed by atoms with Crippen molar-refractivity contribution in [3.8, 4) is 11.5 Å². The monoisotopic (exact) mass is 327 g/mol. The molecular weight excluding hydrogens is 318 g/mol. The second kappa shape index (κ2) is 6.02. The highest BCUT2D eigenvalue weighted by Gasteiger charge is 2.17. The second-order valence-electron chi connectivity index (χ2n) is 4.65. The number of phenolic OH excluding ortho intramolecular Hbond substituents is 2. The summed E-state index contributed by atoms with van der Waals surface area (Å²) in [6.07, 6.45) is 2.91. The number of carbonyl (C=O) groups is 1. The number of hydrogen-bond acceptors (Lipinski definition) is 5. The van der Waals surface area contributed by atoms with Gasteiger partial charge in [0.25, 0.3) is 5.91 Å². The molecule has 23 heavy (non-hydrogen) atoms. The van der Waals surface area contributed by atoms with Crippen molar-refractivity contribution < 1.29 is 15.0 Å². The van der Waals surface area contributed by atoms with Gasteiger partial charge in [0, 0.05) is 28.7 Å². The number of carbonyl (C=O) groups excluding carboxylic acids is 1. The number of pyridine rings is 1. The molecule has 114 valence electrons. The lowest BCUT2D eigenvalue weighted by Crippen LogP contribution is -1.93. The SMILES string of the molecule is O=C(N=Nc1c(Cl)c(O)c2ccccc2c1O)c1ccncc1. The van der Waals surface area contributed by atoms with Crippen LogP contribution in [-0.4, -0.2) is 21.1 Å². The van der Waals surface area contributed by atoms with Crippen molar-refractivity contribution in [3.63, 3.8) is 0 Å². The average molecular weight is 328 g/mol. The first-order chi connectivity index (χ1) is 11.1. The first-order valence-corrected chi connectivity index (χ1v) is 6.95. The maximum atomic E-state index is 11.9. The van der Waals surface area contributed by atoms with Crippen molar-refractivity contribution >= 4 is 34.0 Å². The number of halogens is 1. The number of azo groups is 1. The van der Waals surface area contributed by atoms with Crippen LogP contribution < -0.4 is 0 Å². The van der Waals surface area contributed by atoms with Gasteiger partial charge in [-0.1, -0.05) is 35.9 Å². The van der Waals surface area contributed by atoms with Crippen LogP contribution in [0, 0.1) is 0 Å². The highest BCUT2D eigenvalue weighted by Crippen LogP contribution is 2.47. The third-order valence-corrected chi connectivity index (χ3v) is 3.60. The molecule has 0 bridgehead atoms. The molecule has 1 aromatic heterocycles. The van der Waals surface area contributed by atoms with Crippen molar-refractivity contribution in [2.24, 2.45) is 10.2 Å². The van der Waals surface area contributed by atoms with Gasteiger partial charge in [0.05, 0.1) is 0 Å². The van der Waals surface area contributed by atoms with Gasteiger partial charge in [-0.3, -0.25) is 9.78 Å². The van der Waals surface area contributed by atoms with Gasteiger partial charge in [0.2, 0.25) is 0 Å². The van der Waals surface area contributed by atoms with E-state index in [9.17, 15) is 15.0 Å². The molecule has 0 aliphatic carbocycles. The Balaban J connectivity index is 2.07. The minimum Gasteiger partial charge on any atom is -0.506 e. The number of hydrogen-bond donors (Lipinski definition) is 2. The molecular formula is C16H10ClN3O3. The Bertz CT molecular complexity index is 927. The van der Waals surface area contributed by atoms with E-state index in [1.54, 1.807) is 24.3 Å². The molecule has 0 atom stereocenters. The zero-order chi connectivity index (χ0) is 16.4. The van der Waals surface area contributed by atoms with Gasteiger partial charge in [0.1, 0.15) is 10.8 Å². The molecule has 0 unspecified atom stereocenters. The molecule has 3 rings (SSSR count). The minimum atomic E-state index is -0.615. The van der Waals surface area contributed by atoms with Crippen LogP contribution in [0.3, 0.4) is 0 Å². The first kappa shape index (κ1) is 14.9. The lowest BCUT2D eigenvalue weighted by atomic mass is 10.1. The summed E-state index contributed by atoms with van der Waals surface area (Å²) in [4.78, 5) is 15.7. The molecule has 3 aromatic rings. The standard InChI is InChI=1S/C16H10ClN3O3/c17-12-13(19-20-16(23)9-5-7-18-8-6-9)15(22)11-4-2-1-3-10(11)14(12)21/h1-8,21-22H. The van der Waals surface area contributed by atoms with Crippen molar-refractivity contribution in [2.45, 2.75) is 0 Å². The zero-order valence-corrected chi connectivity index (χ0v) is 12.4. The van der Waals surface area contributed by atoms with Crippen LogP contribution in [0.5, 0.6) is 11.5 Å². The van der Waals surface area contributed by atoms with Gasteiger partial charge >= 0.3 is 0 Å². The summed E-state index contributed by atoms with van der Waals surface area (Å²) in [5.41, 5.74) is 0.134. The van der Waals surface area contributed by atoms with E-state index in [0.717, 1.165) is 0 Å². The molecule has 0 radical (unpaired) electrons. The van der Waals surface area contributed by atoms with Crippen LogP contribution in [0.1, 0.15) is 10.4 Å². The summed E-state index contributed by atoms with van der Waals surface area (Å²) < 4.78 is 0. The third-order valence-electron chi connectivity index (χ3n) is 3.25. The quantitative estimate of drug-likeness (QED) is 0.544. The number of nitrogens with zero attached hydrogens (tertiary/aromatic N) is 3. The van der Waals surface area contributed by atoms with Crippen LogP contribution in [-0.2, 0) is 0 Å². The van der Waals surface area contributed by atoms with E-state index in [1.807, 2.05) is 0 Å². The molecule has 0 saturated heterocycles. The Morgan fingerprint density at radius 1 is 1.00 bits per heavy atom.